The Bertz CT molecular complexity index is 1090. The van der Waals surface area contributed by atoms with E-state index in [4.69, 9.17) is 9.47 Å². The summed E-state index contributed by atoms with van der Waals surface area (Å²) < 4.78 is 40.0. The van der Waals surface area contributed by atoms with Crippen LogP contribution < -0.4 is 19.5 Å². The second-order valence-electron chi connectivity index (χ2n) is 8.30. The summed E-state index contributed by atoms with van der Waals surface area (Å²) in [5, 5.41) is 3.58. The molecule has 1 aliphatic heterocycles. The highest BCUT2D eigenvalue weighted by molar-refractivity contribution is 5.78. The van der Waals surface area contributed by atoms with Crippen molar-refractivity contribution in [2.75, 3.05) is 33.9 Å². The van der Waals surface area contributed by atoms with Gasteiger partial charge in [0, 0.05) is 31.4 Å². The van der Waals surface area contributed by atoms with Crippen molar-refractivity contribution >= 4 is 11.0 Å². The van der Waals surface area contributed by atoms with Crippen LogP contribution >= 0.6 is 0 Å². The van der Waals surface area contributed by atoms with Crippen LogP contribution in [0.15, 0.2) is 42.6 Å². The number of methoxy groups -OCH3 is 2. The Morgan fingerprint density at radius 1 is 1.06 bits per heavy atom. The number of nitrogens with zero attached hydrogens (tertiary/aromatic N) is 3. The van der Waals surface area contributed by atoms with E-state index < -0.39 is 6.61 Å². The minimum Gasteiger partial charge on any atom is -0.493 e. The van der Waals surface area contributed by atoms with Gasteiger partial charge in [0.05, 0.1) is 25.3 Å². The summed E-state index contributed by atoms with van der Waals surface area (Å²) in [6.45, 7) is 0.767. The van der Waals surface area contributed by atoms with E-state index in [0.29, 0.717) is 24.2 Å². The molecule has 34 heavy (non-hydrogen) atoms. The molecule has 1 N–H and O–H groups in total. The van der Waals surface area contributed by atoms with Gasteiger partial charge in [-0.15, -0.1) is 0 Å². The monoisotopic (exact) mass is 472 g/mol. The number of likely N-dealkylation sites (tertiary alicyclic amines) is 1. The lowest BCUT2D eigenvalue weighted by Crippen LogP contribution is -2.42. The molecule has 182 valence electrons. The normalized spacial score (nSPS) is 15.1. The summed E-state index contributed by atoms with van der Waals surface area (Å²) >= 11 is 0. The number of alkyl halides is 2. The van der Waals surface area contributed by atoms with E-state index in [1.807, 2.05) is 24.4 Å². The van der Waals surface area contributed by atoms with E-state index in [9.17, 15) is 8.78 Å². The van der Waals surface area contributed by atoms with Crippen molar-refractivity contribution in [1.82, 2.24) is 20.2 Å². The summed E-state index contributed by atoms with van der Waals surface area (Å²) in [6, 6.07) is 11.3. The zero-order chi connectivity index (χ0) is 23.9. The van der Waals surface area contributed by atoms with Gasteiger partial charge in [-0.1, -0.05) is 6.07 Å². The van der Waals surface area contributed by atoms with Crippen molar-refractivity contribution in [2.24, 2.45) is 0 Å². The number of ether oxygens (including phenoxy) is 3. The molecule has 0 aliphatic carbocycles. The largest absolute Gasteiger partial charge is 0.493 e. The molecule has 0 saturated carbocycles. The Labute approximate surface area is 198 Å². The van der Waals surface area contributed by atoms with Gasteiger partial charge in [0.1, 0.15) is 0 Å². The van der Waals surface area contributed by atoms with Gasteiger partial charge in [0.25, 0.3) is 0 Å². The van der Waals surface area contributed by atoms with Crippen LogP contribution in [0, 0.1) is 0 Å². The zero-order valence-electron chi connectivity index (χ0n) is 19.5. The number of hydrogen-bond donors (Lipinski definition) is 1. The van der Waals surface area contributed by atoms with Crippen LogP contribution in [-0.4, -0.2) is 61.4 Å². The molecule has 1 fully saturated rings. The molecule has 3 aromatic rings. The number of fused-ring (bicyclic) bond motifs is 1. The molecule has 0 amide bonds. The summed E-state index contributed by atoms with van der Waals surface area (Å²) in [7, 11) is 3.07. The molecular formula is C25H30F2N4O3. The van der Waals surface area contributed by atoms with Crippen LogP contribution in [0.1, 0.15) is 24.0 Å². The molecule has 0 radical (unpaired) electrons. The number of aromatic nitrogens is 2. The maximum Gasteiger partial charge on any atom is 0.387 e. The highest BCUT2D eigenvalue weighted by atomic mass is 19.3. The minimum absolute atomic E-state index is 0.0465. The molecule has 1 saturated heterocycles. The van der Waals surface area contributed by atoms with Crippen LogP contribution in [0.3, 0.4) is 0 Å². The molecule has 0 unspecified atom stereocenters. The summed E-state index contributed by atoms with van der Waals surface area (Å²) in [5.41, 5.74) is 3.93. The SMILES string of the molecule is COc1ccc2nccc(CCN3CCC(NCc4ccc(OC(F)F)c(OC)c4)CC3)c2n1. The molecule has 0 spiro atoms. The summed E-state index contributed by atoms with van der Waals surface area (Å²) in [4.78, 5) is 11.5. The fourth-order valence-electron chi connectivity index (χ4n) is 4.29. The van der Waals surface area contributed by atoms with E-state index in [1.165, 1.54) is 18.7 Å². The predicted molar refractivity (Wildman–Crippen MR) is 126 cm³/mol. The average molecular weight is 473 g/mol. The second kappa shape index (κ2) is 11.4. The average Bonchev–Trinajstić information content (AvgIpc) is 2.86. The number of pyridine rings is 2. The third-order valence-electron chi connectivity index (χ3n) is 6.17. The first-order chi connectivity index (χ1) is 16.6. The number of piperidine rings is 1. The lowest BCUT2D eigenvalue weighted by atomic mass is 10.0. The zero-order valence-corrected chi connectivity index (χ0v) is 19.5. The Kier molecular flexibility index (Phi) is 8.08. The van der Waals surface area contributed by atoms with Gasteiger partial charge in [0.15, 0.2) is 11.5 Å². The first-order valence-corrected chi connectivity index (χ1v) is 11.4. The van der Waals surface area contributed by atoms with E-state index in [2.05, 4.69) is 24.9 Å². The van der Waals surface area contributed by atoms with E-state index in [-0.39, 0.29) is 5.75 Å². The van der Waals surface area contributed by atoms with Crippen LogP contribution in [0.25, 0.3) is 11.0 Å². The van der Waals surface area contributed by atoms with E-state index in [0.717, 1.165) is 55.5 Å². The highest BCUT2D eigenvalue weighted by Crippen LogP contribution is 2.29. The molecule has 0 atom stereocenters. The molecule has 1 aliphatic rings. The Hall–Kier alpha value is -3.04. The van der Waals surface area contributed by atoms with Gasteiger partial charge in [-0.3, -0.25) is 4.98 Å². The molecule has 4 rings (SSSR count). The molecule has 3 heterocycles. The topological polar surface area (TPSA) is 68.7 Å². The molecule has 2 aromatic heterocycles. The van der Waals surface area contributed by atoms with Gasteiger partial charge in [0.2, 0.25) is 5.88 Å². The molecular weight excluding hydrogens is 442 g/mol. The smallest absolute Gasteiger partial charge is 0.387 e. The van der Waals surface area contributed by atoms with Crippen LogP contribution in [0.5, 0.6) is 17.4 Å². The number of benzene rings is 1. The lowest BCUT2D eigenvalue weighted by molar-refractivity contribution is -0.0512. The maximum absolute atomic E-state index is 12.5. The van der Waals surface area contributed by atoms with Gasteiger partial charge in [-0.25, -0.2) is 4.98 Å². The van der Waals surface area contributed by atoms with Crippen LogP contribution in [0.2, 0.25) is 0 Å². The van der Waals surface area contributed by atoms with Gasteiger partial charge < -0.3 is 24.4 Å². The quantitative estimate of drug-likeness (QED) is 0.478. The van der Waals surface area contributed by atoms with Crippen LogP contribution in [-0.2, 0) is 13.0 Å². The van der Waals surface area contributed by atoms with Crippen molar-refractivity contribution in [2.45, 2.75) is 38.5 Å². The maximum atomic E-state index is 12.5. The predicted octanol–water partition coefficient (Wildman–Crippen LogP) is 4.05. The lowest BCUT2D eigenvalue weighted by Gasteiger charge is -2.32. The molecule has 9 heteroatoms. The van der Waals surface area contributed by atoms with E-state index in [1.54, 1.807) is 19.2 Å². The number of rotatable bonds is 10. The first-order valence-electron chi connectivity index (χ1n) is 11.4. The number of hydrogen-bond acceptors (Lipinski definition) is 7. The molecule has 0 bridgehead atoms. The van der Waals surface area contributed by atoms with Gasteiger partial charge in [-0.05, 0) is 67.7 Å². The Morgan fingerprint density at radius 2 is 1.88 bits per heavy atom. The Balaban J connectivity index is 1.25. The fraction of sp³-hybridized carbons (Fsp3) is 0.440. The highest BCUT2D eigenvalue weighted by Gasteiger charge is 2.19. The molecule has 7 nitrogen and oxygen atoms in total. The Morgan fingerprint density at radius 3 is 2.62 bits per heavy atom. The number of nitrogens with one attached hydrogen (secondary N) is 1. The first kappa shape index (κ1) is 24.1. The fourth-order valence-corrected chi connectivity index (χ4v) is 4.29. The number of halogens is 2. The summed E-state index contributed by atoms with van der Waals surface area (Å²) in [5.74, 6) is 0.956. The minimum atomic E-state index is -2.88. The van der Waals surface area contributed by atoms with Crippen molar-refractivity contribution < 1.29 is 23.0 Å². The second-order valence-corrected chi connectivity index (χ2v) is 8.30. The van der Waals surface area contributed by atoms with Crippen molar-refractivity contribution in [3.05, 3.63) is 53.7 Å². The van der Waals surface area contributed by atoms with Gasteiger partial charge in [-0.2, -0.15) is 8.78 Å². The van der Waals surface area contributed by atoms with Crippen molar-refractivity contribution in [1.29, 1.82) is 0 Å². The van der Waals surface area contributed by atoms with Crippen molar-refractivity contribution in [3.8, 4) is 17.4 Å². The molecule has 1 aromatic carbocycles. The van der Waals surface area contributed by atoms with Gasteiger partial charge >= 0.3 is 6.61 Å². The standard InChI is InChI=1S/C25H30F2N4O3/c1-32-22-15-17(3-5-21(22)34-25(26)27)16-29-19-9-13-31(14-10-19)12-8-18-7-11-28-20-4-6-23(33-2)30-24(18)20/h3-7,11,15,19,25,29H,8-10,12-14,16H2,1-2H3. The van der Waals surface area contributed by atoms with E-state index >= 15 is 0 Å². The third-order valence-corrected chi connectivity index (χ3v) is 6.17. The third kappa shape index (κ3) is 6.09. The summed E-state index contributed by atoms with van der Waals surface area (Å²) in [6.07, 6.45) is 4.84. The van der Waals surface area contributed by atoms with Crippen molar-refractivity contribution in [3.63, 3.8) is 0 Å². The van der Waals surface area contributed by atoms with Crippen LogP contribution in [0.4, 0.5) is 8.78 Å².